The second-order valence-corrected chi connectivity index (χ2v) is 8.26. The molecule has 1 saturated carbocycles. The molecule has 0 aliphatic heterocycles. The van der Waals surface area contributed by atoms with Crippen molar-refractivity contribution in [3.05, 3.63) is 35.2 Å². The van der Waals surface area contributed by atoms with E-state index in [0.717, 1.165) is 34.6 Å². The molecule has 0 radical (unpaired) electrons. The molecule has 6 heteroatoms. The fraction of sp³-hybridized carbons (Fsp3) is 0.550. The van der Waals surface area contributed by atoms with E-state index in [1.807, 2.05) is 37.6 Å². The molecular weight excluding hydrogens is 344 g/mol. The van der Waals surface area contributed by atoms with Crippen molar-refractivity contribution in [2.45, 2.75) is 57.5 Å². The van der Waals surface area contributed by atoms with Gasteiger partial charge in [-0.2, -0.15) is 0 Å². The summed E-state index contributed by atoms with van der Waals surface area (Å²) in [4.78, 5) is 12.3. The van der Waals surface area contributed by atoms with Gasteiger partial charge in [-0.15, -0.1) is 10.2 Å². The lowest BCUT2D eigenvalue weighted by atomic mass is 9.87. The van der Waals surface area contributed by atoms with Gasteiger partial charge in [0, 0.05) is 19.2 Å². The summed E-state index contributed by atoms with van der Waals surface area (Å²) < 4.78 is 2.05. The maximum absolute atomic E-state index is 12.3. The molecule has 0 unspecified atom stereocenters. The Morgan fingerprint density at radius 2 is 2.00 bits per heavy atom. The van der Waals surface area contributed by atoms with Gasteiger partial charge in [-0.1, -0.05) is 61.6 Å². The van der Waals surface area contributed by atoms with Gasteiger partial charge in [-0.3, -0.25) is 4.79 Å². The number of aromatic nitrogens is 3. The van der Waals surface area contributed by atoms with E-state index >= 15 is 0 Å². The van der Waals surface area contributed by atoms with Crippen LogP contribution >= 0.6 is 11.8 Å². The van der Waals surface area contributed by atoms with Crippen LogP contribution in [0.3, 0.4) is 0 Å². The molecule has 1 amide bonds. The van der Waals surface area contributed by atoms with Crippen LogP contribution in [0.2, 0.25) is 0 Å². The zero-order valence-corrected chi connectivity index (χ0v) is 16.7. The number of nitrogens with zero attached hydrogens (tertiary/aromatic N) is 3. The van der Waals surface area contributed by atoms with Crippen LogP contribution in [-0.4, -0.2) is 26.4 Å². The number of benzene rings is 1. The molecular formula is C20H28N4OS. The topological polar surface area (TPSA) is 59.8 Å². The summed E-state index contributed by atoms with van der Waals surface area (Å²) in [6.07, 6.45) is 7.64. The quantitative estimate of drug-likeness (QED) is 0.769. The predicted molar refractivity (Wildman–Crippen MR) is 107 cm³/mol. The molecule has 1 N–H and O–H groups in total. The van der Waals surface area contributed by atoms with Gasteiger partial charge < -0.3 is 9.88 Å². The lowest BCUT2D eigenvalue weighted by Crippen LogP contribution is -2.15. The number of rotatable bonds is 6. The first-order chi connectivity index (χ1) is 12.5. The van der Waals surface area contributed by atoms with Gasteiger partial charge >= 0.3 is 0 Å². The zero-order valence-electron chi connectivity index (χ0n) is 15.9. The zero-order chi connectivity index (χ0) is 18.5. The number of aryl methyl sites for hydroxylation is 2. The Labute approximate surface area is 160 Å². The van der Waals surface area contributed by atoms with Crippen LogP contribution in [0, 0.1) is 19.8 Å². The highest BCUT2D eigenvalue weighted by atomic mass is 32.2. The number of anilines is 1. The number of hydrogen-bond donors (Lipinski definition) is 1. The molecule has 0 spiro atoms. The first-order valence-electron chi connectivity index (χ1n) is 9.41. The molecule has 0 saturated heterocycles. The van der Waals surface area contributed by atoms with Crippen molar-refractivity contribution in [3.8, 4) is 0 Å². The summed E-state index contributed by atoms with van der Waals surface area (Å²) in [5.41, 5.74) is 3.15. The molecule has 0 atom stereocenters. The first-order valence-corrected chi connectivity index (χ1v) is 10.4. The third-order valence-corrected chi connectivity index (χ3v) is 6.13. The van der Waals surface area contributed by atoms with Gasteiger partial charge in [0.2, 0.25) is 5.91 Å². The molecule has 1 aromatic carbocycles. The van der Waals surface area contributed by atoms with E-state index < -0.39 is 0 Å². The van der Waals surface area contributed by atoms with Crippen molar-refractivity contribution in [2.75, 3.05) is 11.1 Å². The minimum Gasteiger partial charge on any atom is -0.325 e. The van der Waals surface area contributed by atoms with Crippen LogP contribution in [0.1, 0.15) is 49.1 Å². The Hall–Kier alpha value is -1.82. The molecule has 3 rings (SSSR count). The van der Waals surface area contributed by atoms with Crippen molar-refractivity contribution in [2.24, 2.45) is 13.0 Å². The highest BCUT2D eigenvalue weighted by Gasteiger charge is 2.18. The summed E-state index contributed by atoms with van der Waals surface area (Å²) in [6.45, 7) is 4.06. The summed E-state index contributed by atoms with van der Waals surface area (Å²) >= 11 is 1.44. The van der Waals surface area contributed by atoms with E-state index in [4.69, 9.17) is 0 Å². The second-order valence-electron chi connectivity index (χ2n) is 7.32. The fourth-order valence-electron chi connectivity index (χ4n) is 3.57. The van der Waals surface area contributed by atoms with Gasteiger partial charge in [0.25, 0.3) is 0 Å². The average Bonchev–Trinajstić information content (AvgIpc) is 2.96. The van der Waals surface area contributed by atoms with Crippen LogP contribution in [0.25, 0.3) is 0 Å². The predicted octanol–water partition coefficient (Wildman–Crippen LogP) is 4.29. The van der Waals surface area contributed by atoms with Crippen LogP contribution in [0.5, 0.6) is 0 Å². The van der Waals surface area contributed by atoms with Gasteiger partial charge in [0.15, 0.2) is 5.16 Å². The SMILES string of the molecule is Cc1ccc(NC(=O)CSc2nnc(CC3CCCCC3)n2C)c(C)c1. The molecule has 2 aromatic rings. The lowest BCUT2D eigenvalue weighted by molar-refractivity contribution is -0.113. The Morgan fingerprint density at radius 3 is 2.73 bits per heavy atom. The molecule has 1 aliphatic rings. The second kappa shape index (κ2) is 8.71. The normalized spacial score (nSPS) is 15.2. The van der Waals surface area contributed by atoms with Gasteiger partial charge in [-0.05, 0) is 31.4 Å². The summed E-state index contributed by atoms with van der Waals surface area (Å²) in [7, 11) is 2.00. The molecule has 1 fully saturated rings. The van der Waals surface area contributed by atoms with Crippen molar-refractivity contribution < 1.29 is 4.79 Å². The highest BCUT2D eigenvalue weighted by Crippen LogP contribution is 2.27. The van der Waals surface area contributed by atoms with Crippen LogP contribution in [0.15, 0.2) is 23.4 Å². The lowest BCUT2D eigenvalue weighted by Gasteiger charge is -2.20. The number of carbonyl (C=O) groups excluding carboxylic acids is 1. The highest BCUT2D eigenvalue weighted by molar-refractivity contribution is 7.99. The Balaban J connectivity index is 1.53. The third-order valence-electron chi connectivity index (χ3n) is 5.11. The molecule has 1 aliphatic carbocycles. The standard InChI is InChI=1S/C20H28N4OS/c1-14-9-10-17(15(2)11-14)21-19(25)13-26-20-23-22-18(24(20)3)12-16-7-5-4-6-8-16/h9-11,16H,4-8,12-13H2,1-3H3,(H,21,25). The molecule has 5 nitrogen and oxygen atoms in total. The van der Waals surface area contributed by atoms with Crippen molar-refractivity contribution >= 4 is 23.4 Å². The third kappa shape index (κ3) is 4.87. The number of carbonyl (C=O) groups is 1. The minimum absolute atomic E-state index is 0.0150. The van der Waals surface area contributed by atoms with Crippen LogP contribution < -0.4 is 5.32 Å². The molecule has 1 aromatic heterocycles. The summed E-state index contributed by atoms with van der Waals surface area (Å²) in [6, 6.07) is 6.04. The van der Waals surface area contributed by atoms with E-state index in [2.05, 4.69) is 21.6 Å². The van der Waals surface area contributed by atoms with Crippen LogP contribution in [0.4, 0.5) is 5.69 Å². The Kier molecular flexibility index (Phi) is 6.35. The first kappa shape index (κ1) is 19.0. The Bertz CT molecular complexity index is 765. The summed E-state index contributed by atoms with van der Waals surface area (Å²) in [5.74, 6) is 2.09. The minimum atomic E-state index is -0.0150. The maximum Gasteiger partial charge on any atom is 0.234 e. The molecule has 26 heavy (non-hydrogen) atoms. The van der Waals surface area contributed by atoms with Crippen molar-refractivity contribution in [1.82, 2.24) is 14.8 Å². The average molecular weight is 373 g/mol. The van der Waals surface area contributed by atoms with Gasteiger partial charge in [0.05, 0.1) is 5.75 Å². The van der Waals surface area contributed by atoms with Gasteiger partial charge in [-0.25, -0.2) is 0 Å². The van der Waals surface area contributed by atoms with E-state index in [0.29, 0.717) is 5.75 Å². The van der Waals surface area contributed by atoms with E-state index in [-0.39, 0.29) is 5.91 Å². The maximum atomic E-state index is 12.3. The van der Waals surface area contributed by atoms with Crippen LogP contribution in [-0.2, 0) is 18.3 Å². The van der Waals surface area contributed by atoms with Crippen molar-refractivity contribution in [1.29, 1.82) is 0 Å². The van der Waals surface area contributed by atoms with Crippen molar-refractivity contribution in [3.63, 3.8) is 0 Å². The molecule has 1 heterocycles. The largest absolute Gasteiger partial charge is 0.325 e. The van der Waals surface area contributed by atoms with Gasteiger partial charge in [0.1, 0.15) is 5.82 Å². The fourth-order valence-corrected chi connectivity index (χ4v) is 4.30. The number of hydrogen-bond acceptors (Lipinski definition) is 4. The van der Waals surface area contributed by atoms with E-state index in [1.165, 1.54) is 49.4 Å². The smallest absolute Gasteiger partial charge is 0.234 e. The number of amides is 1. The molecule has 140 valence electrons. The monoisotopic (exact) mass is 372 g/mol. The molecule has 0 bridgehead atoms. The number of nitrogens with one attached hydrogen (secondary N) is 1. The Morgan fingerprint density at radius 1 is 1.23 bits per heavy atom. The summed E-state index contributed by atoms with van der Waals surface area (Å²) in [5, 5.41) is 12.4. The number of thioether (sulfide) groups is 1. The van der Waals surface area contributed by atoms with E-state index in [9.17, 15) is 4.79 Å². The van der Waals surface area contributed by atoms with E-state index in [1.54, 1.807) is 0 Å².